The third kappa shape index (κ3) is 3.89. The predicted molar refractivity (Wildman–Crippen MR) is 106 cm³/mol. The van der Waals surface area contributed by atoms with Crippen LogP contribution in [0, 0.1) is 5.82 Å². The second-order valence-electron chi connectivity index (χ2n) is 6.74. The predicted octanol–water partition coefficient (Wildman–Crippen LogP) is 2.30. The van der Waals surface area contributed by atoms with Crippen molar-refractivity contribution in [2.24, 2.45) is 0 Å². The zero-order valence-electron chi connectivity index (χ0n) is 15.2. The van der Waals surface area contributed by atoms with E-state index in [9.17, 15) is 14.0 Å². The van der Waals surface area contributed by atoms with Gasteiger partial charge in [-0.1, -0.05) is 29.5 Å². The van der Waals surface area contributed by atoms with E-state index >= 15 is 0 Å². The van der Waals surface area contributed by atoms with Gasteiger partial charge in [0.25, 0.3) is 5.56 Å². The average Bonchev–Trinajstić information content (AvgIpc) is 3.15. The molecule has 7 nitrogen and oxygen atoms in total. The van der Waals surface area contributed by atoms with Crippen LogP contribution in [0.15, 0.2) is 35.4 Å². The molecular formula is C19H20FN5O2S. The van der Waals surface area contributed by atoms with Crippen LogP contribution in [0.1, 0.15) is 24.8 Å². The van der Waals surface area contributed by atoms with Gasteiger partial charge in [0.1, 0.15) is 23.4 Å². The number of halogens is 1. The molecule has 1 fully saturated rings. The van der Waals surface area contributed by atoms with Crippen LogP contribution in [-0.2, 0) is 17.9 Å². The minimum absolute atomic E-state index is 0.0651. The molecule has 0 saturated carbocycles. The lowest BCUT2D eigenvalue weighted by Crippen LogP contribution is -2.32. The van der Waals surface area contributed by atoms with Gasteiger partial charge in [-0.2, -0.15) is 4.98 Å². The summed E-state index contributed by atoms with van der Waals surface area (Å²) in [7, 11) is 0. The first-order valence-corrected chi connectivity index (χ1v) is 10.0. The number of carbonyl (C=O) groups excluding carboxylic acids is 1. The molecule has 1 N–H and O–H groups in total. The van der Waals surface area contributed by atoms with Crippen molar-refractivity contribution < 1.29 is 9.18 Å². The molecule has 1 saturated heterocycles. The summed E-state index contributed by atoms with van der Waals surface area (Å²) >= 11 is 1.32. The number of carbonyl (C=O) groups is 1. The molecule has 0 atom stereocenters. The molecule has 0 radical (unpaired) electrons. The van der Waals surface area contributed by atoms with Crippen molar-refractivity contribution in [3.8, 4) is 0 Å². The molecule has 9 heteroatoms. The quantitative estimate of drug-likeness (QED) is 0.710. The highest BCUT2D eigenvalue weighted by atomic mass is 32.1. The lowest BCUT2D eigenvalue weighted by atomic mass is 10.1. The molecule has 0 bridgehead atoms. The van der Waals surface area contributed by atoms with E-state index in [1.807, 2.05) is 0 Å². The number of piperidine rings is 1. The van der Waals surface area contributed by atoms with Crippen molar-refractivity contribution in [3.63, 3.8) is 0 Å². The Hall–Kier alpha value is -2.81. The molecule has 28 heavy (non-hydrogen) atoms. The average molecular weight is 401 g/mol. The highest BCUT2D eigenvalue weighted by Crippen LogP contribution is 2.27. The van der Waals surface area contributed by atoms with Gasteiger partial charge in [0.05, 0.1) is 0 Å². The number of aromatic nitrogens is 3. The van der Waals surface area contributed by atoms with E-state index in [0.29, 0.717) is 15.9 Å². The van der Waals surface area contributed by atoms with Gasteiger partial charge in [-0.3, -0.25) is 14.2 Å². The smallest absolute Gasteiger partial charge is 0.273 e. The Morgan fingerprint density at radius 2 is 2.00 bits per heavy atom. The Labute approximate surface area is 164 Å². The molecule has 1 aliphatic heterocycles. The molecule has 0 spiro atoms. The van der Waals surface area contributed by atoms with Crippen LogP contribution >= 0.6 is 11.3 Å². The molecule has 3 aromatic rings. The number of fused-ring (bicyclic) bond motifs is 1. The number of nitrogens with one attached hydrogen (secondary N) is 1. The maximum atomic E-state index is 13.6. The van der Waals surface area contributed by atoms with Gasteiger partial charge >= 0.3 is 0 Å². The molecular weight excluding hydrogens is 381 g/mol. The van der Waals surface area contributed by atoms with E-state index in [1.165, 1.54) is 34.7 Å². The molecule has 0 aliphatic carbocycles. The fourth-order valence-electron chi connectivity index (χ4n) is 3.21. The minimum Gasteiger partial charge on any atom is -0.350 e. The van der Waals surface area contributed by atoms with Crippen LogP contribution in [0.25, 0.3) is 10.3 Å². The summed E-state index contributed by atoms with van der Waals surface area (Å²) < 4.78 is 15.3. The summed E-state index contributed by atoms with van der Waals surface area (Å²) in [4.78, 5) is 35.8. The highest BCUT2D eigenvalue weighted by Gasteiger charge is 2.18. The monoisotopic (exact) mass is 401 g/mol. The maximum Gasteiger partial charge on any atom is 0.273 e. The Kier molecular flexibility index (Phi) is 5.34. The summed E-state index contributed by atoms with van der Waals surface area (Å²) in [5, 5.41) is 3.44. The van der Waals surface area contributed by atoms with Gasteiger partial charge in [0.2, 0.25) is 5.91 Å². The van der Waals surface area contributed by atoms with Gasteiger partial charge in [0.15, 0.2) is 10.8 Å². The molecule has 146 valence electrons. The SMILES string of the molecule is O=C(Cn1cnc2nc(N3CCCCC3)sc2c1=O)NCc1ccccc1F. The van der Waals surface area contributed by atoms with Crippen molar-refractivity contribution in [2.45, 2.75) is 32.4 Å². The number of rotatable bonds is 5. The van der Waals surface area contributed by atoms with Crippen LogP contribution in [0.3, 0.4) is 0 Å². The first-order chi connectivity index (χ1) is 13.6. The Morgan fingerprint density at radius 3 is 2.79 bits per heavy atom. The summed E-state index contributed by atoms with van der Waals surface area (Å²) in [5.74, 6) is -0.759. The van der Waals surface area contributed by atoms with Crippen molar-refractivity contribution in [2.75, 3.05) is 18.0 Å². The number of thiazole rings is 1. The Bertz CT molecular complexity index is 1060. The van der Waals surface area contributed by atoms with E-state index in [4.69, 9.17) is 0 Å². The lowest BCUT2D eigenvalue weighted by Gasteiger charge is -2.25. The third-order valence-electron chi connectivity index (χ3n) is 4.75. The van der Waals surface area contributed by atoms with Gasteiger partial charge in [-0.15, -0.1) is 0 Å². The third-order valence-corrected chi connectivity index (χ3v) is 5.84. The van der Waals surface area contributed by atoms with Crippen molar-refractivity contribution in [1.82, 2.24) is 19.9 Å². The number of anilines is 1. The van der Waals surface area contributed by atoms with Crippen molar-refractivity contribution in [3.05, 3.63) is 52.3 Å². The normalized spacial score (nSPS) is 14.4. The van der Waals surface area contributed by atoms with E-state index in [1.54, 1.807) is 18.2 Å². The standard InChI is InChI=1S/C19H20FN5O2S/c20-14-7-3-2-6-13(14)10-21-15(26)11-25-12-22-17-16(18(25)27)28-19(23-17)24-8-4-1-5-9-24/h2-3,6-7,12H,1,4-5,8-11H2,(H,21,26). The molecule has 1 amide bonds. The highest BCUT2D eigenvalue weighted by molar-refractivity contribution is 7.22. The molecule has 4 rings (SSSR count). The first kappa shape index (κ1) is 18.5. The first-order valence-electron chi connectivity index (χ1n) is 9.23. The summed E-state index contributed by atoms with van der Waals surface area (Å²) in [5.41, 5.74) is 0.524. The largest absolute Gasteiger partial charge is 0.350 e. The Morgan fingerprint density at radius 1 is 1.21 bits per heavy atom. The van der Waals surface area contributed by atoms with Crippen LogP contribution < -0.4 is 15.8 Å². The van der Waals surface area contributed by atoms with Crippen molar-refractivity contribution >= 4 is 32.7 Å². The summed E-state index contributed by atoms with van der Waals surface area (Å²) in [6, 6.07) is 6.24. The van der Waals surface area contributed by atoms with E-state index < -0.39 is 0 Å². The van der Waals surface area contributed by atoms with Gasteiger partial charge < -0.3 is 10.2 Å². The lowest BCUT2D eigenvalue weighted by molar-refractivity contribution is -0.121. The zero-order valence-corrected chi connectivity index (χ0v) is 16.0. The second kappa shape index (κ2) is 8.05. The van der Waals surface area contributed by atoms with Crippen molar-refractivity contribution in [1.29, 1.82) is 0 Å². The number of benzene rings is 1. The van der Waals surface area contributed by atoms with E-state index in [-0.39, 0.29) is 30.4 Å². The fraction of sp³-hybridized carbons (Fsp3) is 0.368. The maximum absolute atomic E-state index is 13.6. The molecule has 2 aromatic heterocycles. The Balaban J connectivity index is 1.47. The van der Waals surface area contributed by atoms with Crippen LogP contribution in [0.4, 0.5) is 9.52 Å². The molecule has 1 aliphatic rings. The summed E-state index contributed by atoms with van der Waals surface area (Å²) in [6.45, 7) is 1.77. The number of amides is 1. The summed E-state index contributed by atoms with van der Waals surface area (Å²) in [6.07, 6.45) is 4.80. The topological polar surface area (TPSA) is 80.1 Å². The van der Waals surface area contributed by atoms with Crippen LogP contribution in [0.5, 0.6) is 0 Å². The fourth-order valence-corrected chi connectivity index (χ4v) is 4.23. The second-order valence-corrected chi connectivity index (χ2v) is 7.72. The number of hydrogen-bond acceptors (Lipinski definition) is 6. The number of hydrogen-bond donors (Lipinski definition) is 1. The van der Waals surface area contributed by atoms with E-state index in [0.717, 1.165) is 31.1 Å². The van der Waals surface area contributed by atoms with Gasteiger partial charge in [-0.25, -0.2) is 9.37 Å². The molecule has 1 aromatic carbocycles. The molecule has 3 heterocycles. The molecule has 0 unspecified atom stereocenters. The van der Waals surface area contributed by atoms with Gasteiger partial charge in [-0.05, 0) is 25.3 Å². The van der Waals surface area contributed by atoms with Gasteiger partial charge in [0, 0.05) is 25.2 Å². The van der Waals surface area contributed by atoms with Crippen LogP contribution in [0.2, 0.25) is 0 Å². The van der Waals surface area contributed by atoms with Crippen LogP contribution in [-0.4, -0.2) is 33.5 Å². The zero-order chi connectivity index (χ0) is 19.5. The van der Waals surface area contributed by atoms with E-state index in [2.05, 4.69) is 20.2 Å². The minimum atomic E-state index is -0.382. The number of nitrogens with zero attached hydrogens (tertiary/aromatic N) is 4.